The van der Waals surface area contributed by atoms with Gasteiger partial charge in [-0.25, -0.2) is 0 Å². The van der Waals surface area contributed by atoms with Gasteiger partial charge in [-0.2, -0.15) is 0 Å². The Labute approximate surface area is 78.1 Å². The van der Waals surface area contributed by atoms with Crippen molar-refractivity contribution in [2.75, 3.05) is 19.3 Å². The minimum Gasteiger partial charge on any atom is -0.344 e. The molecule has 2 heterocycles. The Balaban J connectivity index is 0.000000720. The Kier molecular flexibility index (Phi) is 3.00. The van der Waals surface area contributed by atoms with Crippen LogP contribution in [0, 0.1) is 0 Å². The first kappa shape index (κ1) is 10.3. The predicted octanol–water partition coefficient (Wildman–Crippen LogP) is 0.980. The van der Waals surface area contributed by atoms with Gasteiger partial charge in [-0.05, 0) is 18.5 Å². The number of hydrogen-bond acceptors (Lipinski definition) is 2. The summed E-state index contributed by atoms with van der Waals surface area (Å²) in [5.41, 5.74) is 1.14. The molecular formula is C7H13ClNO2P. The molecule has 0 spiro atoms. The second kappa shape index (κ2) is 3.51. The molecule has 0 aromatic heterocycles. The number of halogens is 1. The first-order valence-electron chi connectivity index (χ1n) is 3.91. The van der Waals surface area contributed by atoms with Crippen molar-refractivity contribution in [3.63, 3.8) is 0 Å². The van der Waals surface area contributed by atoms with E-state index in [-0.39, 0.29) is 18.1 Å². The Morgan fingerprint density at radius 1 is 1.67 bits per heavy atom. The van der Waals surface area contributed by atoms with Crippen molar-refractivity contribution in [2.45, 2.75) is 12.1 Å². The lowest BCUT2D eigenvalue weighted by Gasteiger charge is -2.24. The molecule has 0 amide bonds. The monoisotopic (exact) mass is 209 g/mol. The molecule has 5 heteroatoms. The van der Waals surface area contributed by atoms with E-state index in [2.05, 4.69) is 5.32 Å². The van der Waals surface area contributed by atoms with Crippen LogP contribution in [0.15, 0.2) is 11.6 Å². The third kappa shape index (κ3) is 1.60. The molecule has 0 radical (unpaired) electrons. The smallest absolute Gasteiger partial charge is 0.211 e. The van der Waals surface area contributed by atoms with Gasteiger partial charge in [0, 0.05) is 12.7 Å². The number of rotatable bonds is 0. The van der Waals surface area contributed by atoms with Crippen LogP contribution in [-0.4, -0.2) is 29.8 Å². The zero-order chi connectivity index (χ0) is 7.90. The van der Waals surface area contributed by atoms with E-state index in [0.29, 0.717) is 6.16 Å². The number of piperidine rings is 1. The molecule has 0 saturated carbocycles. The number of allylic oxidation sites excluding steroid dienone is 1. The average Bonchev–Trinajstić information content (AvgIpc) is 2.29. The van der Waals surface area contributed by atoms with E-state index in [1.165, 1.54) is 0 Å². The van der Waals surface area contributed by atoms with Gasteiger partial charge in [0.05, 0.1) is 5.66 Å². The summed E-state index contributed by atoms with van der Waals surface area (Å²) in [6.45, 7) is 1.70. The van der Waals surface area contributed by atoms with Gasteiger partial charge in [0.1, 0.15) is 0 Å². The maximum absolute atomic E-state index is 11.5. The van der Waals surface area contributed by atoms with E-state index in [9.17, 15) is 9.46 Å². The number of hydrogen-bond donors (Lipinski definition) is 2. The summed E-state index contributed by atoms with van der Waals surface area (Å²) in [4.78, 5) is 9.47. The number of fused-ring (bicyclic) bond motifs is 1. The zero-order valence-electron chi connectivity index (χ0n) is 6.69. The van der Waals surface area contributed by atoms with Gasteiger partial charge in [0.15, 0.2) is 0 Å². The van der Waals surface area contributed by atoms with Crippen molar-refractivity contribution in [2.24, 2.45) is 0 Å². The molecule has 2 aliphatic rings. The second-order valence-corrected chi connectivity index (χ2v) is 5.70. The van der Waals surface area contributed by atoms with Gasteiger partial charge in [-0.3, -0.25) is 4.57 Å². The molecule has 2 atom stereocenters. The van der Waals surface area contributed by atoms with Crippen LogP contribution >= 0.6 is 19.8 Å². The van der Waals surface area contributed by atoms with Crippen LogP contribution in [0.4, 0.5) is 0 Å². The fourth-order valence-electron chi connectivity index (χ4n) is 1.82. The van der Waals surface area contributed by atoms with Crippen molar-refractivity contribution < 1.29 is 9.46 Å². The van der Waals surface area contributed by atoms with Crippen LogP contribution in [0.2, 0.25) is 0 Å². The molecule has 12 heavy (non-hydrogen) atoms. The topological polar surface area (TPSA) is 49.3 Å². The van der Waals surface area contributed by atoms with E-state index in [1.54, 1.807) is 0 Å². The summed E-state index contributed by atoms with van der Waals surface area (Å²) < 4.78 is 11.5. The molecule has 2 N–H and O–H groups in total. The van der Waals surface area contributed by atoms with Crippen LogP contribution in [0.5, 0.6) is 0 Å². The maximum Gasteiger partial charge on any atom is 0.211 e. The minimum atomic E-state index is -2.81. The summed E-state index contributed by atoms with van der Waals surface area (Å²) in [5, 5.41) is 3.19. The van der Waals surface area contributed by atoms with Crippen LogP contribution < -0.4 is 5.32 Å². The van der Waals surface area contributed by atoms with Crippen LogP contribution in [-0.2, 0) is 4.57 Å². The first-order valence-corrected chi connectivity index (χ1v) is 5.83. The molecule has 1 fully saturated rings. The van der Waals surface area contributed by atoms with Gasteiger partial charge in [0.2, 0.25) is 7.37 Å². The predicted molar refractivity (Wildman–Crippen MR) is 51.3 cm³/mol. The minimum absolute atomic E-state index is 0. The molecule has 70 valence electrons. The Morgan fingerprint density at radius 2 is 2.42 bits per heavy atom. The summed E-state index contributed by atoms with van der Waals surface area (Å²) in [5.74, 6) is 0. The molecule has 1 saturated heterocycles. The lowest BCUT2D eigenvalue weighted by Crippen LogP contribution is -2.31. The van der Waals surface area contributed by atoms with Crippen LogP contribution in [0.1, 0.15) is 6.42 Å². The van der Waals surface area contributed by atoms with Crippen molar-refractivity contribution in [1.82, 2.24) is 5.32 Å². The normalized spacial score (nSPS) is 39.8. The quantitative estimate of drug-likeness (QED) is 0.462. The summed E-state index contributed by atoms with van der Waals surface area (Å²) in [6.07, 6.45) is 3.16. The highest BCUT2D eigenvalue weighted by molar-refractivity contribution is 7.59. The molecule has 2 unspecified atom stereocenters. The molecule has 0 aliphatic carbocycles. The zero-order valence-corrected chi connectivity index (χ0v) is 8.40. The number of nitrogens with one attached hydrogen (secondary N) is 1. The highest BCUT2D eigenvalue weighted by Gasteiger charge is 2.38. The standard InChI is InChI=1S/C7H12NO2P.ClH/c9-11(10)4-2-6-5-8-3-1-7(6)11;/h2,7-8H,1,3-5H2,(H,9,10);1H. The van der Waals surface area contributed by atoms with E-state index in [0.717, 1.165) is 25.1 Å². The summed E-state index contributed by atoms with van der Waals surface area (Å²) >= 11 is 0. The van der Waals surface area contributed by atoms with E-state index in [4.69, 9.17) is 0 Å². The van der Waals surface area contributed by atoms with Gasteiger partial charge < -0.3 is 10.2 Å². The van der Waals surface area contributed by atoms with E-state index in [1.807, 2.05) is 6.08 Å². The summed E-state index contributed by atoms with van der Waals surface area (Å²) in [7, 11) is -2.81. The van der Waals surface area contributed by atoms with Crippen molar-refractivity contribution in [3.8, 4) is 0 Å². The van der Waals surface area contributed by atoms with E-state index < -0.39 is 7.37 Å². The SMILES string of the molecule is Cl.O=P1(O)CC=C2CNCCC21. The molecule has 0 aromatic rings. The molecule has 0 bridgehead atoms. The fraction of sp³-hybridized carbons (Fsp3) is 0.714. The van der Waals surface area contributed by atoms with Crippen molar-refractivity contribution in [3.05, 3.63) is 11.6 Å². The van der Waals surface area contributed by atoms with Crippen LogP contribution in [0.3, 0.4) is 0 Å². The lowest BCUT2D eigenvalue weighted by molar-refractivity contribution is 0.463. The maximum atomic E-state index is 11.5. The fourth-order valence-corrected chi connectivity index (χ4v) is 3.82. The molecule has 2 rings (SSSR count). The average molecular weight is 210 g/mol. The lowest BCUT2D eigenvalue weighted by atomic mass is 10.1. The third-order valence-corrected chi connectivity index (χ3v) is 4.72. The molecular weight excluding hydrogens is 197 g/mol. The van der Waals surface area contributed by atoms with Crippen molar-refractivity contribution >= 4 is 19.8 Å². The van der Waals surface area contributed by atoms with Gasteiger partial charge in [-0.15, -0.1) is 12.4 Å². The first-order chi connectivity index (χ1) is 5.20. The second-order valence-electron chi connectivity index (χ2n) is 3.20. The van der Waals surface area contributed by atoms with Gasteiger partial charge in [0.25, 0.3) is 0 Å². The third-order valence-electron chi connectivity index (χ3n) is 2.45. The molecule has 2 aliphatic heterocycles. The van der Waals surface area contributed by atoms with Crippen LogP contribution in [0.25, 0.3) is 0 Å². The molecule has 0 aromatic carbocycles. The molecule has 3 nitrogen and oxygen atoms in total. The summed E-state index contributed by atoms with van der Waals surface area (Å²) in [6, 6.07) is 0. The van der Waals surface area contributed by atoms with Gasteiger partial charge >= 0.3 is 0 Å². The highest BCUT2D eigenvalue weighted by atomic mass is 35.5. The Hall–Kier alpha value is 0.180. The van der Waals surface area contributed by atoms with E-state index >= 15 is 0 Å². The van der Waals surface area contributed by atoms with Gasteiger partial charge in [-0.1, -0.05) is 6.08 Å². The highest BCUT2D eigenvalue weighted by Crippen LogP contribution is 2.55. The Morgan fingerprint density at radius 3 is 3.08 bits per heavy atom. The Bertz CT molecular complexity index is 254. The largest absolute Gasteiger partial charge is 0.344 e. The van der Waals surface area contributed by atoms with Crippen molar-refractivity contribution in [1.29, 1.82) is 0 Å².